The van der Waals surface area contributed by atoms with Gasteiger partial charge in [0.1, 0.15) is 0 Å². The van der Waals surface area contributed by atoms with Crippen LogP contribution in [0.1, 0.15) is 44.9 Å². The molecule has 0 aromatic heterocycles. The largest absolute Gasteiger partial charge is 0.330 e. The summed E-state index contributed by atoms with van der Waals surface area (Å²) in [5.41, 5.74) is 11.5. The van der Waals surface area contributed by atoms with Crippen molar-refractivity contribution in [2.75, 3.05) is 6.54 Å². The van der Waals surface area contributed by atoms with Gasteiger partial charge in [-0.25, -0.2) is 0 Å². The molecule has 0 aromatic carbocycles. The first kappa shape index (κ1) is 11.0. The lowest BCUT2D eigenvalue weighted by molar-refractivity contribution is 0.232. The van der Waals surface area contributed by atoms with Crippen molar-refractivity contribution in [1.29, 1.82) is 0 Å². The lowest BCUT2D eigenvalue weighted by atomic mass is 9.74. The zero-order chi connectivity index (χ0) is 9.73. The molecule has 1 unspecified atom stereocenters. The molecule has 0 amide bonds. The maximum atomic E-state index is 6.21. The third-order valence-electron chi connectivity index (χ3n) is 3.26. The average Bonchev–Trinajstić information content (AvgIpc) is 2.16. The maximum Gasteiger partial charge on any atom is 0.0184 e. The van der Waals surface area contributed by atoms with E-state index in [2.05, 4.69) is 6.92 Å². The molecule has 1 atom stereocenters. The van der Waals surface area contributed by atoms with Gasteiger partial charge in [0.05, 0.1) is 0 Å². The summed E-state index contributed by atoms with van der Waals surface area (Å²) in [7, 11) is 0. The fourth-order valence-electron chi connectivity index (χ4n) is 2.31. The van der Waals surface area contributed by atoms with Crippen molar-refractivity contribution in [2.45, 2.75) is 50.5 Å². The topological polar surface area (TPSA) is 52.0 Å². The molecule has 0 aliphatic heterocycles. The molecule has 1 aliphatic rings. The third-order valence-corrected chi connectivity index (χ3v) is 3.26. The summed E-state index contributed by atoms with van der Waals surface area (Å²) in [4.78, 5) is 0. The summed E-state index contributed by atoms with van der Waals surface area (Å²) < 4.78 is 0. The molecule has 0 bridgehead atoms. The molecule has 13 heavy (non-hydrogen) atoms. The van der Waals surface area contributed by atoms with Gasteiger partial charge in [0.15, 0.2) is 0 Å². The molecule has 1 aliphatic carbocycles. The molecule has 0 heterocycles. The molecular formula is C11H23N2. The van der Waals surface area contributed by atoms with Crippen molar-refractivity contribution in [2.24, 2.45) is 17.4 Å². The van der Waals surface area contributed by atoms with Gasteiger partial charge in [-0.3, -0.25) is 0 Å². The van der Waals surface area contributed by atoms with Crippen molar-refractivity contribution in [3.8, 4) is 0 Å². The van der Waals surface area contributed by atoms with E-state index in [1.165, 1.54) is 32.1 Å². The Balaban J connectivity index is 2.36. The maximum absolute atomic E-state index is 6.21. The van der Waals surface area contributed by atoms with Crippen LogP contribution < -0.4 is 11.5 Å². The van der Waals surface area contributed by atoms with Crippen LogP contribution in [0, 0.1) is 12.8 Å². The lowest BCUT2D eigenvalue weighted by Gasteiger charge is -2.36. The van der Waals surface area contributed by atoms with E-state index in [1.807, 2.05) is 0 Å². The highest BCUT2D eigenvalue weighted by molar-refractivity contribution is 4.94. The molecule has 1 rings (SSSR count). The molecule has 0 spiro atoms. The van der Waals surface area contributed by atoms with Crippen LogP contribution >= 0.6 is 0 Å². The van der Waals surface area contributed by atoms with Gasteiger partial charge < -0.3 is 11.5 Å². The highest BCUT2D eigenvalue weighted by atomic mass is 14.7. The minimum absolute atomic E-state index is 0.209. The fourth-order valence-corrected chi connectivity index (χ4v) is 2.31. The van der Waals surface area contributed by atoms with Gasteiger partial charge >= 0.3 is 0 Å². The summed E-state index contributed by atoms with van der Waals surface area (Å²) in [6, 6.07) is 0. The van der Waals surface area contributed by atoms with Gasteiger partial charge in [-0.1, -0.05) is 19.3 Å². The van der Waals surface area contributed by atoms with Crippen LogP contribution in [0.15, 0.2) is 0 Å². The average molecular weight is 183 g/mol. The standard InChI is InChI=1S/C11H23N2/c1-11(13,8-5-9-12)10-6-3-2-4-7-10/h10H,1-9,12-13H2. The lowest BCUT2D eigenvalue weighted by Crippen LogP contribution is -2.45. The van der Waals surface area contributed by atoms with Crippen molar-refractivity contribution >= 4 is 0 Å². The van der Waals surface area contributed by atoms with Crippen LogP contribution in [0.4, 0.5) is 0 Å². The first-order chi connectivity index (χ1) is 6.17. The Bertz CT molecular complexity index is 137. The SMILES string of the molecule is [CH2]C(N)(CCCN)C1CCCCC1. The van der Waals surface area contributed by atoms with Crippen LogP contribution in [0.2, 0.25) is 0 Å². The molecule has 2 nitrogen and oxygen atoms in total. The van der Waals surface area contributed by atoms with Crippen LogP contribution in [0.3, 0.4) is 0 Å². The van der Waals surface area contributed by atoms with Crippen LogP contribution in [0.25, 0.3) is 0 Å². The molecule has 77 valence electrons. The Labute approximate surface area is 82.1 Å². The summed E-state index contributed by atoms with van der Waals surface area (Å²) in [6.45, 7) is 4.89. The van der Waals surface area contributed by atoms with E-state index in [-0.39, 0.29) is 5.54 Å². The summed E-state index contributed by atoms with van der Waals surface area (Å²) in [5, 5.41) is 0. The van der Waals surface area contributed by atoms with Crippen molar-refractivity contribution in [3.63, 3.8) is 0 Å². The van der Waals surface area contributed by atoms with Crippen molar-refractivity contribution in [3.05, 3.63) is 6.92 Å². The first-order valence-electron chi connectivity index (χ1n) is 5.51. The quantitative estimate of drug-likeness (QED) is 0.698. The van der Waals surface area contributed by atoms with Crippen molar-refractivity contribution < 1.29 is 0 Å². The van der Waals surface area contributed by atoms with Gasteiger partial charge in [0.25, 0.3) is 0 Å². The van der Waals surface area contributed by atoms with E-state index in [4.69, 9.17) is 11.5 Å². The zero-order valence-corrected chi connectivity index (χ0v) is 8.60. The molecule has 0 saturated heterocycles. The molecule has 1 fully saturated rings. The number of hydrogen-bond acceptors (Lipinski definition) is 2. The van der Waals surface area contributed by atoms with Gasteiger partial charge in [0.2, 0.25) is 0 Å². The highest BCUT2D eigenvalue weighted by Crippen LogP contribution is 2.33. The van der Waals surface area contributed by atoms with E-state index >= 15 is 0 Å². The third kappa shape index (κ3) is 3.28. The second-order valence-electron chi connectivity index (χ2n) is 4.46. The van der Waals surface area contributed by atoms with E-state index < -0.39 is 0 Å². The molecule has 4 N–H and O–H groups in total. The number of nitrogens with two attached hydrogens (primary N) is 2. The van der Waals surface area contributed by atoms with Gasteiger partial charge in [-0.2, -0.15) is 0 Å². The summed E-state index contributed by atoms with van der Waals surface area (Å²) >= 11 is 0. The second-order valence-corrected chi connectivity index (χ2v) is 4.46. The summed E-state index contributed by atoms with van der Waals surface area (Å²) in [6.07, 6.45) is 8.58. The van der Waals surface area contributed by atoms with Crippen molar-refractivity contribution in [1.82, 2.24) is 0 Å². The number of rotatable bonds is 4. The van der Waals surface area contributed by atoms with E-state index in [1.54, 1.807) is 0 Å². The van der Waals surface area contributed by atoms with Crippen LogP contribution in [-0.2, 0) is 0 Å². The Kier molecular flexibility index (Phi) is 4.20. The predicted octanol–water partition coefficient (Wildman–Crippen LogP) is 1.84. The van der Waals surface area contributed by atoms with Crippen LogP contribution in [0.5, 0.6) is 0 Å². The Hall–Kier alpha value is -0.0800. The Morgan fingerprint density at radius 3 is 2.38 bits per heavy atom. The smallest absolute Gasteiger partial charge is 0.0184 e. The summed E-state index contributed by atoms with van der Waals surface area (Å²) in [5.74, 6) is 0.632. The minimum atomic E-state index is -0.209. The Morgan fingerprint density at radius 2 is 1.85 bits per heavy atom. The predicted molar refractivity (Wildman–Crippen MR) is 57.1 cm³/mol. The minimum Gasteiger partial charge on any atom is -0.330 e. The van der Waals surface area contributed by atoms with E-state index in [9.17, 15) is 0 Å². The molecular weight excluding hydrogens is 160 g/mol. The van der Waals surface area contributed by atoms with E-state index in [0.717, 1.165) is 19.4 Å². The van der Waals surface area contributed by atoms with Gasteiger partial charge in [0, 0.05) is 5.54 Å². The van der Waals surface area contributed by atoms with Crippen LogP contribution in [-0.4, -0.2) is 12.1 Å². The first-order valence-corrected chi connectivity index (χ1v) is 5.51. The monoisotopic (exact) mass is 183 g/mol. The van der Waals surface area contributed by atoms with E-state index in [0.29, 0.717) is 5.92 Å². The molecule has 0 aromatic rings. The number of hydrogen-bond donors (Lipinski definition) is 2. The second kappa shape index (κ2) is 4.97. The molecule has 1 saturated carbocycles. The molecule has 1 radical (unpaired) electrons. The normalized spacial score (nSPS) is 24.2. The Morgan fingerprint density at radius 1 is 1.23 bits per heavy atom. The highest BCUT2D eigenvalue weighted by Gasteiger charge is 2.30. The van der Waals surface area contributed by atoms with Gasteiger partial charge in [-0.05, 0) is 45.1 Å². The zero-order valence-electron chi connectivity index (χ0n) is 8.60. The fraction of sp³-hybridized carbons (Fsp3) is 0.909. The van der Waals surface area contributed by atoms with Gasteiger partial charge in [-0.15, -0.1) is 0 Å². The molecule has 2 heteroatoms.